The molecule has 0 bridgehead atoms. The lowest BCUT2D eigenvalue weighted by molar-refractivity contribution is -0.125. The van der Waals surface area contributed by atoms with Crippen molar-refractivity contribution in [1.29, 1.82) is 0 Å². The second-order valence-corrected chi connectivity index (χ2v) is 5.42. The maximum absolute atomic E-state index is 11.8. The lowest BCUT2D eigenvalue weighted by Gasteiger charge is -2.29. The minimum atomic E-state index is -0.330. The van der Waals surface area contributed by atoms with E-state index in [1.807, 2.05) is 0 Å². The Bertz CT molecular complexity index is 329. The first-order valence-corrected chi connectivity index (χ1v) is 7.02. The Morgan fingerprint density at radius 1 is 1.53 bits per heavy atom. The number of carbonyl (C=O) groups excluding carboxylic acids is 2. The molecule has 2 heterocycles. The molecule has 2 aliphatic heterocycles. The molecule has 108 valence electrons. The predicted molar refractivity (Wildman–Crippen MR) is 70.6 cm³/mol. The molecule has 6 nitrogen and oxygen atoms in total. The number of rotatable bonds is 5. The molecule has 6 heteroatoms. The van der Waals surface area contributed by atoms with Crippen molar-refractivity contribution >= 4 is 11.8 Å². The van der Waals surface area contributed by atoms with Gasteiger partial charge < -0.3 is 15.4 Å². The highest BCUT2D eigenvalue weighted by atomic mass is 16.5. The van der Waals surface area contributed by atoms with Crippen molar-refractivity contribution in [3.8, 4) is 0 Å². The van der Waals surface area contributed by atoms with Gasteiger partial charge >= 0.3 is 0 Å². The van der Waals surface area contributed by atoms with Gasteiger partial charge in [0.2, 0.25) is 11.8 Å². The van der Waals surface area contributed by atoms with Crippen LogP contribution in [0.2, 0.25) is 0 Å². The first-order valence-electron chi connectivity index (χ1n) is 7.02. The zero-order chi connectivity index (χ0) is 13.7. The van der Waals surface area contributed by atoms with Crippen molar-refractivity contribution in [3.63, 3.8) is 0 Å². The van der Waals surface area contributed by atoms with E-state index in [0.29, 0.717) is 25.3 Å². The molecule has 2 rings (SSSR count). The Morgan fingerprint density at radius 3 is 2.89 bits per heavy atom. The van der Waals surface area contributed by atoms with E-state index in [1.54, 1.807) is 0 Å². The summed E-state index contributed by atoms with van der Waals surface area (Å²) in [4.78, 5) is 25.2. The quantitative estimate of drug-likeness (QED) is 0.696. The fraction of sp³-hybridized carbons (Fsp3) is 0.846. The average Bonchev–Trinajstić information content (AvgIpc) is 2.84. The van der Waals surface area contributed by atoms with Crippen LogP contribution in [-0.2, 0) is 14.3 Å². The number of hydrogen-bond acceptors (Lipinski definition) is 4. The van der Waals surface area contributed by atoms with Crippen LogP contribution in [0.1, 0.15) is 19.8 Å². The van der Waals surface area contributed by atoms with Gasteiger partial charge in [-0.25, -0.2) is 0 Å². The molecular weight excluding hydrogens is 246 g/mol. The van der Waals surface area contributed by atoms with Gasteiger partial charge in [0, 0.05) is 32.6 Å². The predicted octanol–water partition coefficient (Wildman–Crippen LogP) is -0.650. The van der Waals surface area contributed by atoms with Crippen molar-refractivity contribution in [2.75, 3.05) is 39.4 Å². The summed E-state index contributed by atoms with van der Waals surface area (Å²) in [6, 6.07) is -0.330. The van der Waals surface area contributed by atoms with Gasteiger partial charge in [0.15, 0.2) is 0 Å². The zero-order valence-electron chi connectivity index (χ0n) is 11.5. The summed E-state index contributed by atoms with van der Waals surface area (Å²) < 4.78 is 5.31. The molecule has 2 N–H and O–H groups in total. The number of morpholine rings is 1. The fourth-order valence-electron chi connectivity index (χ4n) is 2.50. The Balaban J connectivity index is 1.63. The van der Waals surface area contributed by atoms with Gasteiger partial charge in [-0.1, -0.05) is 6.92 Å². The van der Waals surface area contributed by atoms with E-state index < -0.39 is 0 Å². The summed E-state index contributed by atoms with van der Waals surface area (Å²) in [6.07, 6.45) is 1.07. The third-order valence-electron chi connectivity index (χ3n) is 3.61. The van der Waals surface area contributed by atoms with Gasteiger partial charge in [0.25, 0.3) is 0 Å². The molecule has 0 aromatic rings. The number of amides is 2. The van der Waals surface area contributed by atoms with Crippen LogP contribution in [0.3, 0.4) is 0 Å². The summed E-state index contributed by atoms with van der Waals surface area (Å²) in [7, 11) is 0. The van der Waals surface area contributed by atoms with Gasteiger partial charge in [-0.3, -0.25) is 14.5 Å². The van der Waals surface area contributed by atoms with Crippen LogP contribution in [0.25, 0.3) is 0 Å². The van der Waals surface area contributed by atoms with Gasteiger partial charge in [0.1, 0.15) is 6.04 Å². The van der Waals surface area contributed by atoms with Crippen LogP contribution < -0.4 is 10.6 Å². The standard InChI is InChI=1S/C13H23N3O3/c1-10(9-16-4-6-19-7-5-16)8-14-13(18)11-2-3-12(17)15-11/h10-11H,2-9H2,1H3,(H,14,18)(H,15,17). The molecular formula is C13H23N3O3. The summed E-state index contributed by atoms with van der Waals surface area (Å²) in [6.45, 7) is 7.29. The van der Waals surface area contributed by atoms with Crippen LogP contribution in [0.5, 0.6) is 0 Å². The maximum atomic E-state index is 11.8. The van der Waals surface area contributed by atoms with Crippen LogP contribution >= 0.6 is 0 Å². The first kappa shape index (κ1) is 14.3. The van der Waals surface area contributed by atoms with Crippen LogP contribution in [0, 0.1) is 5.92 Å². The minimum Gasteiger partial charge on any atom is -0.379 e. The molecule has 0 radical (unpaired) electrons. The summed E-state index contributed by atoms with van der Waals surface area (Å²) in [5, 5.41) is 5.60. The third kappa shape index (κ3) is 4.47. The summed E-state index contributed by atoms with van der Waals surface area (Å²) in [5.41, 5.74) is 0. The van der Waals surface area contributed by atoms with Crippen molar-refractivity contribution in [3.05, 3.63) is 0 Å². The largest absolute Gasteiger partial charge is 0.379 e. The third-order valence-corrected chi connectivity index (χ3v) is 3.61. The number of carbonyl (C=O) groups is 2. The number of hydrogen-bond donors (Lipinski definition) is 2. The van der Waals surface area contributed by atoms with Gasteiger partial charge in [-0.2, -0.15) is 0 Å². The highest BCUT2D eigenvalue weighted by Gasteiger charge is 2.27. The smallest absolute Gasteiger partial charge is 0.242 e. The van der Waals surface area contributed by atoms with E-state index in [-0.39, 0.29) is 17.9 Å². The molecule has 0 aliphatic carbocycles. The topological polar surface area (TPSA) is 70.7 Å². The first-order chi connectivity index (χ1) is 9.15. The monoisotopic (exact) mass is 269 g/mol. The lowest BCUT2D eigenvalue weighted by atomic mass is 10.1. The van der Waals surface area contributed by atoms with Gasteiger partial charge in [0.05, 0.1) is 13.2 Å². The SMILES string of the molecule is CC(CNC(=O)C1CCC(=O)N1)CN1CCOCC1. The number of ether oxygens (including phenoxy) is 1. The van der Waals surface area contributed by atoms with E-state index >= 15 is 0 Å². The summed E-state index contributed by atoms with van der Waals surface area (Å²) >= 11 is 0. The van der Waals surface area contributed by atoms with E-state index in [2.05, 4.69) is 22.5 Å². The van der Waals surface area contributed by atoms with E-state index in [9.17, 15) is 9.59 Å². The van der Waals surface area contributed by atoms with Gasteiger partial charge in [-0.15, -0.1) is 0 Å². The number of nitrogens with zero attached hydrogens (tertiary/aromatic N) is 1. The van der Waals surface area contributed by atoms with Crippen LogP contribution in [0.4, 0.5) is 0 Å². The average molecular weight is 269 g/mol. The Kier molecular flexibility index (Phi) is 5.15. The highest BCUT2D eigenvalue weighted by Crippen LogP contribution is 2.07. The highest BCUT2D eigenvalue weighted by molar-refractivity contribution is 5.90. The molecule has 2 amide bonds. The normalized spacial score (nSPS) is 25.9. The Labute approximate surface area is 113 Å². The molecule has 2 atom stereocenters. The molecule has 0 aromatic carbocycles. The molecule has 2 fully saturated rings. The van der Waals surface area contributed by atoms with Crippen molar-refractivity contribution in [1.82, 2.24) is 15.5 Å². The minimum absolute atomic E-state index is 0.0264. The van der Waals surface area contributed by atoms with Crippen molar-refractivity contribution in [2.24, 2.45) is 5.92 Å². The molecule has 19 heavy (non-hydrogen) atoms. The second kappa shape index (κ2) is 6.86. The van der Waals surface area contributed by atoms with E-state index in [4.69, 9.17) is 4.74 Å². The van der Waals surface area contributed by atoms with Crippen molar-refractivity contribution < 1.29 is 14.3 Å². The maximum Gasteiger partial charge on any atom is 0.242 e. The zero-order valence-corrected chi connectivity index (χ0v) is 11.5. The van der Waals surface area contributed by atoms with Crippen LogP contribution in [0.15, 0.2) is 0 Å². The lowest BCUT2D eigenvalue weighted by Crippen LogP contribution is -2.45. The van der Waals surface area contributed by atoms with E-state index in [1.165, 1.54) is 0 Å². The van der Waals surface area contributed by atoms with Crippen molar-refractivity contribution in [2.45, 2.75) is 25.8 Å². The Morgan fingerprint density at radius 2 is 2.26 bits per heavy atom. The van der Waals surface area contributed by atoms with Crippen LogP contribution in [-0.4, -0.2) is 62.1 Å². The molecule has 0 saturated carbocycles. The molecule has 2 saturated heterocycles. The summed E-state index contributed by atoms with van der Waals surface area (Å²) in [5.74, 6) is 0.320. The molecule has 0 aromatic heterocycles. The fourth-order valence-corrected chi connectivity index (χ4v) is 2.50. The Hall–Kier alpha value is -1.14. The molecule has 0 spiro atoms. The molecule has 2 unspecified atom stereocenters. The number of nitrogens with one attached hydrogen (secondary N) is 2. The molecule has 2 aliphatic rings. The van der Waals surface area contributed by atoms with Gasteiger partial charge in [-0.05, 0) is 12.3 Å². The van der Waals surface area contributed by atoms with E-state index in [0.717, 1.165) is 32.8 Å². The second-order valence-electron chi connectivity index (χ2n) is 5.42.